The number of aromatic nitrogens is 2. The number of nitrogens with one attached hydrogen (secondary N) is 1. The third kappa shape index (κ3) is 6.36. The quantitative estimate of drug-likeness (QED) is 0.352. The summed E-state index contributed by atoms with van der Waals surface area (Å²) in [4.78, 5) is 23.6. The monoisotopic (exact) mass is 481 g/mol. The maximum Gasteiger partial charge on any atom is 0.337 e. The summed E-state index contributed by atoms with van der Waals surface area (Å²) >= 11 is 13.1. The molecular weight excluding hydrogens is 465 g/mol. The lowest BCUT2D eigenvalue weighted by Crippen LogP contribution is -2.14. The van der Waals surface area contributed by atoms with E-state index in [9.17, 15) is 9.59 Å². The molecule has 0 spiro atoms. The molecule has 1 amide bonds. The highest BCUT2D eigenvalue weighted by Crippen LogP contribution is 2.31. The van der Waals surface area contributed by atoms with Crippen LogP contribution in [0.25, 0.3) is 0 Å². The van der Waals surface area contributed by atoms with Gasteiger partial charge in [-0.1, -0.05) is 35.0 Å². The molecule has 0 aliphatic heterocycles. The van der Waals surface area contributed by atoms with Gasteiger partial charge < -0.3 is 19.2 Å². The Labute approximate surface area is 192 Å². The molecule has 8 nitrogen and oxygen atoms in total. The first-order valence-corrected chi connectivity index (χ1v) is 10.7. The van der Waals surface area contributed by atoms with Gasteiger partial charge in [0.2, 0.25) is 5.91 Å². The van der Waals surface area contributed by atoms with Gasteiger partial charge in [0.15, 0.2) is 6.10 Å². The minimum Gasteiger partial charge on any atom is -0.479 e. The van der Waals surface area contributed by atoms with E-state index in [4.69, 9.17) is 32.4 Å². The number of methoxy groups -OCH3 is 1. The third-order valence-corrected chi connectivity index (χ3v) is 5.23. The molecule has 162 valence electrons. The zero-order chi connectivity index (χ0) is 22.4. The summed E-state index contributed by atoms with van der Waals surface area (Å²) in [6.07, 6.45) is -0.553. The lowest BCUT2D eigenvalue weighted by atomic mass is 10.2. The summed E-state index contributed by atoms with van der Waals surface area (Å²) < 4.78 is 15.9. The predicted octanol–water partition coefficient (Wildman–Crippen LogP) is 5.03. The van der Waals surface area contributed by atoms with Crippen LogP contribution in [0.2, 0.25) is 10.0 Å². The van der Waals surface area contributed by atoms with Crippen LogP contribution in [0.15, 0.2) is 52.1 Å². The average Bonchev–Trinajstić information content (AvgIpc) is 3.23. The molecular formula is C20H17Cl2N3O5S. The fourth-order valence-corrected chi connectivity index (χ4v) is 3.41. The standard InChI is InChI=1S/C20H17Cl2N3O5S/c1-11(29-16-8-5-13(21)9-15(16)22)18-24-25-20(30-18)31-10-17(26)23-14-6-3-12(4-7-14)19(27)28-2/h3-9,11H,10H2,1-2H3,(H,23,26)/t11-/m0/s1. The molecule has 0 saturated heterocycles. The Balaban J connectivity index is 1.51. The van der Waals surface area contributed by atoms with Crippen molar-refractivity contribution in [3.63, 3.8) is 0 Å². The normalized spacial score (nSPS) is 11.6. The SMILES string of the molecule is COC(=O)c1ccc(NC(=O)CSc2nnc([C@H](C)Oc3ccc(Cl)cc3Cl)o2)cc1. The minimum atomic E-state index is -0.553. The molecule has 1 N–H and O–H groups in total. The van der Waals surface area contributed by atoms with Crippen molar-refractivity contribution < 1.29 is 23.5 Å². The Kier molecular flexibility index (Phi) is 7.78. The number of rotatable bonds is 8. The average molecular weight is 482 g/mol. The van der Waals surface area contributed by atoms with E-state index in [-0.39, 0.29) is 22.8 Å². The van der Waals surface area contributed by atoms with E-state index in [0.29, 0.717) is 27.0 Å². The van der Waals surface area contributed by atoms with Crippen molar-refractivity contribution in [2.45, 2.75) is 18.3 Å². The minimum absolute atomic E-state index is 0.0542. The van der Waals surface area contributed by atoms with Crippen molar-refractivity contribution in [2.24, 2.45) is 0 Å². The molecule has 1 heterocycles. The number of esters is 1. The summed E-state index contributed by atoms with van der Waals surface area (Å²) in [5.41, 5.74) is 0.941. The molecule has 3 aromatic rings. The Bertz CT molecular complexity index is 1070. The number of ether oxygens (including phenoxy) is 2. The van der Waals surface area contributed by atoms with Crippen LogP contribution in [0, 0.1) is 0 Å². The summed E-state index contributed by atoms with van der Waals surface area (Å²) in [5.74, 6) is 0.0133. The molecule has 0 aliphatic rings. The second-order valence-electron chi connectivity index (χ2n) is 6.15. The molecule has 2 aromatic carbocycles. The van der Waals surface area contributed by atoms with Crippen molar-refractivity contribution in [3.05, 3.63) is 64.0 Å². The Morgan fingerprint density at radius 3 is 2.58 bits per heavy atom. The van der Waals surface area contributed by atoms with Gasteiger partial charge in [0.1, 0.15) is 5.75 Å². The van der Waals surface area contributed by atoms with Gasteiger partial charge in [0.25, 0.3) is 11.1 Å². The molecule has 0 unspecified atom stereocenters. The van der Waals surface area contributed by atoms with Gasteiger partial charge >= 0.3 is 5.97 Å². The van der Waals surface area contributed by atoms with Gasteiger partial charge in [-0.3, -0.25) is 4.79 Å². The number of hydrogen-bond acceptors (Lipinski definition) is 8. The molecule has 1 atom stereocenters. The first kappa shape index (κ1) is 22.9. The van der Waals surface area contributed by atoms with Crippen molar-refractivity contribution in [3.8, 4) is 5.75 Å². The topological polar surface area (TPSA) is 104 Å². The molecule has 11 heteroatoms. The number of carbonyl (C=O) groups excluding carboxylic acids is 2. The Hall–Kier alpha value is -2.75. The van der Waals surface area contributed by atoms with Gasteiger partial charge in [-0.2, -0.15) is 0 Å². The van der Waals surface area contributed by atoms with Gasteiger partial charge in [-0.15, -0.1) is 10.2 Å². The van der Waals surface area contributed by atoms with Crippen LogP contribution < -0.4 is 10.1 Å². The Morgan fingerprint density at radius 1 is 1.16 bits per heavy atom. The van der Waals surface area contributed by atoms with Crippen LogP contribution in [0.5, 0.6) is 5.75 Å². The first-order valence-electron chi connectivity index (χ1n) is 8.92. The largest absolute Gasteiger partial charge is 0.479 e. The third-order valence-electron chi connectivity index (χ3n) is 3.88. The van der Waals surface area contributed by atoms with Crippen LogP contribution in [0.4, 0.5) is 5.69 Å². The number of nitrogens with zero attached hydrogens (tertiary/aromatic N) is 2. The molecule has 0 saturated carbocycles. The van der Waals surface area contributed by atoms with E-state index in [0.717, 1.165) is 11.8 Å². The fourth-order valence-electron chi connectivity index (χ4n) is 2.39. The van der Waals surface area contributed by atoms with Crippen LogP contribution in [-0.2, 0) is 9.53 Å². The molecule has 31 heavy (non-hydrogen) atoms. The van der Waals surface area contributed by atoms with Gasteiger partial charge in [0, 0.05) is 10.7 Å². The fraction of sp³-hybridized carbons (Fsp3) is 0.200. The zero-order valence-corrected chi connectivity index (χ0v) is 18.8. The van der Waals surface area contributed by atoms with E-state index in [1.807, 2.05) is 0 Å². The number of benzene rings is 2. The van der Waals surface area contributed by atoms with Crippen LogP contribution >= 0.6 is 35.0 Å². The summed E-state index contributed by atoms with van der Waals surface area (Å²) in [7, 11) is 1.30. The highest BCUT2D eigenvalue weighted by Gasteiger charge is 2.18. The number of amides is 1. The first-order chi connectivity index (χ1) is 14.9. The molecule has 3 rings (SSSR count). The number of halogens is 2. The lowest BCUT2D eigenvalue weighted by molar-refractivity contribution is -0.113. The maximum absolute atomic E-state index is 12.1. The van der Waals surface area contributed by atoms with E-state index < -0.39 is 12.1 Å². The summed E-state index contributed by atoms with van der Waals surface area (Å²) in [5, 5.41) is 11.7. The van der Waals surface area contributed by atoms with Crippen molar-refractivity contribution in [2.75, 3.05) is 18.2 Å². The van der Waals surface area contributed by atoms with E-state index in [1.54, 1.807) is 49.4 Å². The van der Waals surface area contributed by atoms with Crippen LogP contribution in [0.3, 0.4) is 0 Å². The predicted molar refractivity (Wildman–Crippen MR) is 117 cm³/mol. The van der Waals surface area contributed by atoms with E-state index in [1.165, 1.54) is 7.11 Å². The zero-order valence-electron chi connectivity index (χ0n) is 16.4. The highest BCUT2D eigenvalue weighted by molar-refractivity contribution is 7.99. The second kappa shape index (κ2) is 10.5. The molecule has 0 fully saturated rings. The van der Waals surface area contributed by atoms with Gasteiger partial charge in [0.05, 0.1) is 23.4 Å². The number of thioether (sulfide) groups is 1. The summed E-state index contributed by atoms with van der Waals surface area (Å²) in [6, 6.07) is 11.2. The summed E-state index contributed by atoms with van der Waals surface area (Å²) in [6.45, 7) is 1.73. The Morgan fingerprint density at radius 2 is 1.90 bits per heavy atom. The highest BCUT2D eigenvalue weighted by atomic mass is 35.5. The van der Waals surface area contributed by atoms with Crippen LogP contribution in [-0.4, -0.2) is 34.9 Å². The maximum atomic E-state index is 12.1. The van der Waals surface area contributed by atoms with E-state index >= 15 is 0 Å². The molecule has 0 bridgehead atoms. The van der Waals surface area contributed by atoms with Gasteiger partial charge in [-0.05, 0) is 49.4 Å². The van der Waals surface area contributed by atoms with Gasteiger partial charge in [-0.25, -0.2) is 4.79 Å². The smallest absolute Gasteiger partial charge is 0.337 e. The van der Waals surface area contributed by atoms with Crippen molar-refractivity contribution in [1.29, 1.82) is 0 Å². The lowest BCUT2D eigenvalue weighted by Gasteiger charge is -2.12. The molecule has 0 radical (unpaired) electrons. The number of hydrogen-bond donors (Lipinski definition) is 1. The van der Waals surface area contributed by atoms with Crippen molar-refractivity contribution >= 4 is 52.5 Å². The molecule has 0 aliphatic carbocycles. The van der Waals surface area contributed by atoms with Crippen LogP contribution in [0.1, 0.15) is 29.3 Å². The molecule has 1 aromatic heterocycles. The van der Waals surface area contributed by atoms with E-state index in [2.05, 4.69) is 20.3 Å². The number of carbonyl (C=O) groups is 2. The second-order valence-corrected chi connectivity index (χ2v) is 7.92. The van der Waals surface area contributed by atoms with Crippen molar-refractivity contribution in [1.82, 2.24) is 10.2 Å². The number of anilines is 1.